The minimum Gasteiger partial charge on any atom is -0.476 e. The summed E-state index contributed by atoms with van der Waals surface area (Å²) in [5.41, 5.74) is -0.0672. The number of alkyl halides is 3. The van der Waals surface area contributed by atoms with Gasteiger partial charge in [-0.25, -0.2) is 0 Å². The van der Waals surface area contributed by atoms with E-state index in [1.807, 2.05) is 0 Å². The molecule has 2 amide bonds. The highest BCUT2D eigenvalue weighted by molar-refractivity contribution is 5.98. The monoisotopic (exact) mass is 392 g/mol. The van der Waals surface area contributed by atoms with E-state index in [0.29, 0.717) is 11.4 Å². The Hall–Kier alpha value is -3.03. The van der Waals surface area contributed by atoms with Crippen molar-refractivity contribution < 1.29 is 27.5 Å². The molecule has 0 unspecified atom stereocenters. The Balaban J connectivity index is 1.87. The van der Waals surface area contributed by atoms with Crippen LogP contribution in [0.1, 0.15) is 11.1 Å². The molecule has 2 aromatic rings. The van der Waals surface area contributed by atoms with Crippen molar-refractivity contribution in [2.45, 2.75) is 18.7 Å². The number of amides is 2. The number of hydrogen-bond donors (Lipinski definition) is 0. The molecule has 0 saturated heterocycles. The van der Waals surface area contributed by atoms with Gasteiger partial charge in [-0.15, -0.1) is 0 Å². The van der Waals surface area contributed by atoms with Gasteiger partial charge in [-0.2, -0.15) is 13.2 Å². The van der Waals surface area contributed by atoms with Gasteiger partial charge in [0.15, 0.2) is 6.10 Å². The van der Waals surface area contributed by atoms with Crippen LogP contribution < -0.4 is 9.64 Å². The van der Waals surface area contributed by atoms with Crippen LogP contribution in [-0.2, 0) is 22.2 Å². The van der Waals surface area contributed by atoms with Gasteiger partial charge in [0.25, 0.3) is 5.91 Å². The predicted octanol–water partition coefficient (Wildman–Crippen LogP) is 3.13. The van der Waals surface area contributed by atoms with Gasteiger partial charge in [0.1, 0.15) is 5.75 Å². The van der Waals surface area contributed by atoms with Crippen molar-refractivity contribution in [2.24, 2.45) is 0 Å². The van der Waals surface area contributed by atoms with Crippen molar-refractivity contribution in [1.82, 2.24) is 4.90 Å². The van der Waals surface area contributed by atoms with E-state index in [2.05, 4.69) is 0 Å². The van der Waals surface area contributed by atoms with Crippen molar-refractivity contribution >= 4 is 17.5 Å². The maximum Gasteiger partial charge on any atom is 0.416 e. The Morgan fingerprint density at radius 3 is 2.54 bits per heavy atom. The lowest BCUT2D eigenvalue weighted by atomic mass is 10.1. The van der Waals surface area contributed by atoms with Crippen LogP contribution >= 0.6 is 0 Å². The molecule has 1 atom stereocenters. The summed E-state index contributed by atoms with van der Waals surface area (Å²) in [7, 11) is 3.17. The third kappa shape index (κ3) is 4.11. The van der Waals surface area contributed by atoms with Gasteiger partial charge in [-0.05, 0) is 23.8 Å². The predicted molar refractivity (Wildman–Crippen MR) is 97.1 cm³/mol. The highest BCUT2D eigenvalue weighted by Gasteiger charge is 2.35. The van der Waals surface area contributed by atoms with Crippen LogP contribution in [0.25, 0.3) is 0 Å². The number of ether oxygens (including phenoxy) is 1. The number of hydrogen-bond acceptors (Lipinski definition) is 3. The Morgan fingerprint density at radius 2 is 1.86 bits per heavy atom. The van der Waals surface area contributed by atoms with Gasteiger partial charge in [-0.1, -0.05) is 30.3 Å². The molecule has 1 aliphatic rings. The summed E-state index contributed by atoms with van der Waals surface area (Å²) < 4.78 is 44.5. The molecule has 2 aromatic carbocycles. The maximum atomic E-state index is 12.9. The van der Waals surface area contributed by atoms with Gasteiger partial charge in [-0.3, -0.25) is 9.59 Å². The molecule has 0 aliphatic carbocycles. The number of anilines is 1. The zero-order valence-corrected chi connectivity index (χ0v) is 15.4. The largest absolute Gasteiger partial charge is 0.476 e. The summed E-state index contributed by atoms with van der Waals surface area (Å²) >= 11 is 0. The number of carbonyl (C=O) groups is 2. The number of benzene rings is 2. The van der Waals surface area contributed by atoms with E-state index in [-0.39, 0.29) is 24.4 Å². The van der Waals surface area contributed by atoms with Gasteiger partial charge in [0, 0.05) is 14.1 Å². The molecule has 5 nitrogen and oxygen atoms in total. The van der Waals surface area contributed by atoms with Crippen molar-refractivity contribution in [1.29, 1.82) is 0 Å². The molecule has 0 spiro atoms. The van der Waals surface area contributed by atoms with Crippen LogP contribution in [0, 0.1) is 0 Å². The van der Waals surface area contributed by atoms with Crippen LogP contribution in [0.2, 0.25) is 0 Å². The fourth-order valence-electron chi connectivity index (χ4n) is 3.01. The van der Waals surface area contributed by atoms with Gasteiger partial charge in [0.2, 0.25) is 5.91 Å². The molecule has 0 N–H and O–H groups in total. The summed E-state index contributed by atoms with van der Waals surface area (Å²) in [5.74, 6) is -0.329. The minimum absolute atomic E-state index is 0.00811. The SMILES string of the molecule is CN(C)C(=O)[C@@H]1CN(C(=O)Cc2cccc(C(F)(F)F)c2)c2ccccc2O1. The Kier molecular flexibility index (Phi) is 5.31. The third-order valence-electron chi connectivity index (χ3n) is 4.40. The molecule has 1 heterocycles. The quantitative estimate of drug-likeness (QED) is 0.807. The molecule has 1 aliphatic heterocycles. The van der Waals surface area contributed by atoms with Gasteiger partial charge < -0.3 is 14.5 Å². The van der Waals surface area contributed by atoms with E-state index in [0.717, 1.165) is 12.1 Å². The van der Waals surface area contributed by atoms with E-state index >= 15 is 0 Å². The second kappa shape index (κ2) is 7.53. The highest BCUT2D eigenvalue weighted by Crippen LogP contribution is 2.34. The van der Waals surface area contributed by atoms with E-state index in [9.17, 15) is 22.8 Å². The molecule has 148 valence electrons. The average Bonchev–Trinajstić information content (AvgIpc) is 2.65. The van der Waals surface area contributed by atoms with E-state index in [1.54, 1.807) is 38.4 Å². The van der Waals surface area contributed by atoms with Gasteiger partial charge >= 0.3 is 6.18 Å². The summed E-state index contributed by atoms with van der Waals surface area (Å²) in [5, 5.41) is 0. The third-order valence-corrected chi connectivity index (χ3v) is 4.40. The lowest BCUT2D eigenvalue weighted by Gasteiger charge is -2.35. The molecule has 0 aromatic heterocycles. The smallest absolute Gasteiger partial charge is 0.416 e. The average molecular weight is 392 g/mol. The van der Waals surface area contributed by atoms with Crippen molar-refractivity contribution in [2.75, 3.05) is 25.5 Å². The number of fused-ring (bicyclic) bond motifs is 1. The fourth-order valence-corrected chi connectivity index (χ4v) is 3.01. The molecule has 8 heteroatoms. The van der Waals surface area contributed by atoms with Crippen LogP contribution in [0.3, 0.4) is 0 Å². The van der Waals surface area contributed by atoms with E-state index in [4.69, 9.17) is 4.74 Å². The van der Waals surface area contributed by atoms with Crippen LogP contribution in [0.4, 0.5) is 18.9 Å². The van der Waals surface area contributed by atoms with Crippen molar-refractivity contribution in [3.05, 3.63) is 59.7 Å². The number of rotatable bonds is 3. The van der Waals surface area contributed by atoms with Crippen molar-refractivity contribution in [3.63, 3.8) is 0 Å². The summed E-state index contributed by atoms with van der Waals surface area (Å²) in [6, 6.07) is 11.4. The topological polar surface area (TPSA) is 49.9 Å². The summed E-state index contributed by atoms with van der Waals surface area (Å²) in [4.78, 5) is 28.0. The molecular formula is C20H19F3N2O3. The molecule has 0 radical (unpaired) electrons. The molecule has 28 heavy (non-hydrogen) atoms. The Bertz CT molecular complexity index is 896. The lowest BCUT2D eigenvalue weighted by Crippen LogP contribution is -2.50. The lowest BCUT2D eigenvalue weighted by molar-refractivity contribution is -0.138. The molecule has 0 saturated carbocycles. The molecule has 3 rings (SSSR count). The first-order valence-electron chi connectivity index (χ1n) is 8.60. The number of carbonyl (C=O) groups excluding carboxylic acids is 2. The molecule has 0 fully saturated rings. The van der Waals surface area contributed by atoms with Gasteiger partial charge in [0.05, 0.1) is 24.2 Å². The number of nitrogens with zero attached hydrogens (tertiary/aromatic N) is 2. The number of halogens is 3. The Labute approximate surface area is 160 Å². The highest BCUT2D eigenvalue weighted by atomic mass is 19.4. The molecule has 0 bridgehead atoms. The maximum absolute atomic E-state index is 12.9. The molecular weight excluding hydrogens is 373 g/mol. The second-order valence-corrected chi connectivity index (χ2v) is 6.69. The van der Waals surface area contributed by atoms with Crippen molar-refractivity contribution in [3.8, 4) is 5.75 Å². The minimum atomic E-state index is -4.48. The van der Waals surface area contributed by atoms with Crippen LogP contribution in [-0.4, -0.2) is 43.5 Å². The second-order valence-electron chi connectivity index (χ2n) is 6.69. The van der Waals surface area contributed by atoms with E-state index < -0.39 is 23.8 Å². The first kappa shape index (κ1) is 19.7. The van der Waals surface area contributed by atoms with E-state index in [1.165, 1.54) is 21.9 Å². The summed E-state index contributed by atoms with van der Waals surface area (Å²) in [6.07, 6.45) is -5.58. The van der Waals surface area contributed by atoms with Crippen LogP contribution in [0.15, 0.2) is 48.5 Å². The zero-order valence-electron chi connectivity index (χ0n) is 15.4. The standard InChI is InChI=1S/C20H19F3N2O3/c1-24(2)19(27)17-12-25(15-8-3-4-9-16(15)28-17)18(26)11-13-6-5-7-14(10-13)20(21,22)23/h3-10,17H,11-12H2,1-2H3/t17-/m0/s1. The Morgan fingerprint density at radius 1 is 1.14 bits per heavy atom. The number of likely N-dealkylation sites (N-methyl/N-ethyl adjacent to an activating group) is 1. The first-order chi connectivity index (χ1) is 13.2. The zero-order chi connectivity index (χ0) is 20.5. The normalized spacial score (nSPS) is 16.2. The first-order valence-corrected chi connectivity index (χ1v) is 8.60. The number of para-hydroxylation sites is 2. The fraction of sp³-hybridized carbons (Fsp3) is 0.300. The summed E-state index contributed by atoms with van der Waals surface area (Å²) in [6.45, 7) is -0.00811. The van der Waals surface area contributed by atoms with Crippen LogP contribution in [0.5, 0.6) is 5.75 Å².